The Kier molecular flexibility index (Phi) is 5.60. The highest BCUT2D eigenvalue weighted by Crippen LogP contribution is 2.20. The Morgan fingerprint density at radius 1 is 1.00 bits per heavy atom. The minimum atomic E-state index is -3.77. The Morgan fingerprint density at radius 2 is 1.68 bits per heavy atom. The van der Waals surface area contributed by atoms with Crippen LogP contribution in [0.1, 0.15) is 15.9 Å². The van der Waals surface area contributed by atoms with E-state index < -0.39 is 10.0 Å². The van der Waals surface area contributed by atoms with Crippen molar-refractivity contribution in [3.8, 4) is 5.75 Å². The lowest BCUT2D eigenvalue weighted by Crippen LogP contribution is -2.15. The van der Waals surface area contributed by atoms with Gasteiger partial charge in [0.2, 0.25) is 0 Å². The van der Waals surface area contributed by atoms with Crippen molar-refractivity contribution in [2.24, 2.45) is 0 Å². The Balaban J connectivity index is 1.72. The molecule has 0 radical (unpaired) electrons. The normalized spacial score (nSPS) is 10.9. The molecule has 1 heterocycles. The van der Waals surface area contributed by atoms with Crippen molar-refractivity contribution in [1.29, 1.82) is 0 Å². The first-order valence-corrected chi connectivity index (χ1v) is 9.87. The molecule has 0 unspecified atom stereocenters. The van der Waals surface area contributed by atoms with Gasteiger partial charge in [-0.15, -0.1) is 0 Å². The summed E-state index contributed by atoms with van der Waals surface area (Å²) in [6.45, 7) is 1.90. The fourth-order valence-corrected chi connectivity index (χ4v) is 3.51. The lowest BCUT2D eigenvalue weighted by atomic mass is 10.2. The SMILES string of the molecule is COc1ccc(NS(=O)(=O)c2ccc(C(=O)Nc3cc(C)ccn3)cc2)cc1. The van der Waals surface area contributed by atoms with E-state index in [4.69, 9.17) is 4.74 Å². The Bertz CT molecular complexity index is 1080. The van der Waals surface area contributed by atoms with Crippen LogP contribution < -0.4 is 14.8 Å². The number of nitrogens with one attached hydrogen (secondary N) is 2. The second-order valence-electron chi connectivity index (χ2n) is 6.03. The Morgan fingerprint density at radius 3 is 2.29 bits per heavy atom. The lowest BCUT2D eigenvalue weighted by Gasteiger charge is -2.10. The molecular formula is C20H19N3O4S. The third kappa shape index (κ3) is 4.66. The number of rotatable bonds is 6. The van der Waals surface area contributed by atoms with Gasteiger partial charge in [-0.25, -0.2) is 13.4 Å². The number of hydrogen-bond donors (Lipinski definition) is 2. The van der Waals surface area contributed by atoms with E-state index in [1.165, 1.54) is 31.4 Å². The summed E-state index contributed by atoms with van der Waals surface area (Å²) in [4.78, 5) is 16.4. The molecule has 2 N–H and O–H groups in total. The number of anilines is 2. The van der Waals surface area contributed by atoms with E-state index in [1.54, 1.807) is 36.5 Å². The molecule has 28 heavy (non-hydrogen) atoms. The molecule has 0 aliphatic carbocycles. The fourth-order valence-electron chi connectivity index (χ4n) is 2.45. The largest absolute Gasteiger partial charge is 0.497 e. The lowest BCUT2D eigenvalue weighted by molar-refractivity contribution is 0.102. The van der Waals surface area contributed by atoms with Crippen LogP contribution in [0.3, 0.4) is 0 Å². The summed E-state index contributed by atoms with van der Waals surface area (Å²) < 4.78 is 32.6. The zero-order chi connectivity index (χ0) is 20.1. The van der Waals surface area contributed by atoms with Gasteiger partial charge in [0.25, 0.3) is 15.9 Å². The van der Waals surface area contributed by atoms with Gasteiger partial charge in [-0.1, -0.05) is 0 Å². The van der Waals surface area contributed by atoms with Crippen LogP contribution in [0.5, 0.6) is 5.75 Å². The molecule has 8 heteroatoms. The predicted octanol–water partition coefficient (Wildman–Crippen LogP) is 3.45. The average molecular weight is 397 g/mol. The molecule has 1 aromatic heterocycles. The molecule has 2 aromatic carbocycles. The van der Waals surface area contributed by atoms with Gasteiger partial charge in [0.1, 0.15) is 11.6 Å². The molecule has 0 saturated carbocycles. The minimum absolute atomic E-state index is 0.0496. The number of carbonyl (C=O) groups excluding carboxylic acids is 1. The highest BCUT2D eigenvalue weighted by molar-refractivity contribution is 7.92. The molecule has 0 atom stereocenters. The van der Waals surface area contributed by atoms with Crippen molar-refractivity contribution in [1.82, 2.24) is 4.98 Å². The zero-order valence-corrected chi connectivity index (χ0v) is 16.2. The molecule has 3 rings (SSSR count). The summed E-state index contributed by atoms with van der Waals surface area (Å²) >= 11 is 0. The number of sulfonamides is 1. The summed E-state index contributed by atoms with van der Waals surface area (Å²) in [5.41, 5.74) is 1.70. The van der Waals surface area contributed by atoms with Crippen LogP contribution >= 0.6 is 0 Å². The summed E-state index contributed by atoms with van der Waals surface area (Å²) in [6.07, 6.45) is 1.60. The molecule has 0 aliphatic rings. The first-order chi connectivity index (χ1) is 13.4. The summed E-state index contributed by atoms with van der Waals surface area (Å²) in [5.74, 6) is 0.689. The molecule has 0 saturated heterocycles. The van der Waals surface area contributed by atoms with Gasteiger partial charge in [0, 0.05) is 17.4 Å². The van der Waals surface area contributed by atoms with Crippen LogP contribution in [0.2, 0.25) is 0 Å². The van der Waals surface area contributed by atoms with Gasteiger partial charge in [-0.05, 0) is 73.2 Å². The first kappa shape index (κ1) is 19.4. The second-order valence-corrected chi connectivity index (χ2v) is 7.71. The van der Waals surface area contributed by atoms with E-state index in [9.17, 15) is 13.2 Å². The second kappa shape index (κ2) is 8.10. The van der Waals surface area contributed by atoms with Gasteiger partial charge in [-0.3, -0.25) is 9.52 Å². The van der Waals surface area contributed by atoms with Gasteiger partial charge in [-0.2, -0.15) is 0 Å². The minimum Gasteiger partial charge on any atom is -0.497 e. The van der Waals surface area contributed by atoms with Gasteiger partial charge < -0.3 is 10.1 Å². The number of amides is 1. The summed E-state index contributed by atoms with van der Waals surface area (Å²) in [6, 6.07) is 15.8. The number of aromatic nitrogens is 1. The number of carbonyl (C=O) groups is 1. The van der Waals surface area contributed by atoms with Crippen molar-refractivity contribution < 1.29 is 17.9 Å². The number of methoxy groups -OCH3 is 1. The van der Waals surface area contributed by atoms with E-state index in [1.807, 2.05) is 13.0 Å². The first-order valence-electron chi connectivity index (χ1n) is 8.38. The molecular weight excluding hydrogens is 378 g/mol. The van der Waals surface area contributed by atoms with Crippen LogP contribution in [0, 0.1) is 6.92 Å². The van der Waals surface area contributed by atoms with Crippen molar-refractivity contribution in [2.75, 3.05) is 17.1 Å². The van der Waals surface area contributed by atoms with E-state index in [-0.39, 0.29) is 10.8 Å². The highest BCUT2D eigenvalue weighted by Gasteiger charge is 2.15. The predicted molar refractivity (Wildman–Crippen MR) is 107 cm³/mol. The van der Waals surface area contributed by atoms with E-state index in [0.29, 0.717) is 22.8 Å². The average Bonchev–Trinajstić information content (AvgIpc) is 2.68. The number of aryl methyl sites for hydroxylation is 1. The van der Waals surface area contributed by atoms with Crippen LogP contribution in [-0.2, 0) is 10.0 Å². The molecule has 0 bridgehead atoms. The van der Waals surface area contributed by atoms with E-state index >= 15 is 0 Å². The quantitative estimate of drug-likeness (QED) is 0.664. The topological polar surface area (TPSA) is 97.4 Å². The van der Waals surface area contributed by atoms with Crippen molar-refractivity contribution in [3.05, 3.63) is 78.0 Å². The number of pyridine rings is 1. The van der Waals surface area contributed by atoms with E-state index in [0.717, 1.165) is 5.56 Å². The number of nitrogens with zero attached hydrogens (tertiary/aromatic N) is 1. The maximum atomic E-state index is 12.5. The number of hydrogen-bond acceptors (Lipinski definition) is 5. The smallest absolute Gasteiger partial charge is 0.261 e. The molecule has 0 spiro atoms. The standard InChI is InChI=1S/C20H19N3O4S/c1-14-11-12-21-19(13-14)22-20(24)15-3-9-18(10-4-15)28(25,26)23-16-5-7-17(27-2)8-6-16/h3-13,23H,1-2H3,(H,21,22,24). The highest BCUT2D eigenvalue weighted by atomic mass is 32.2. The molecule has 7 nitrogen and oxygen atoms in total. The van der Waals surface area contributed by atoms with Crippen molar-refractivity contribution >= 4 is 27.4 Å². The Labute approximate surface area is 163 Å². The molecule has 0 fully saturated rings. The summed E-state index contributed by atoms with van der Waals surface area (Å²) in [7, 11) is -2.24. The molecule has 0 aliphatic heterocycles. The third-order valence-corrected chi connectivity index (χ3v) is 5.32. The van der Waals surface area contributed by atoms with Crippen molar-refractivity contribution in [2.45, 2.75) is 11.8 Å². The third-order valence-electron chi connectivity index (χ3n) is 3.93. The maximum absolute atomic E-state index is 12.5. The molecule has 3 aromatic rings. The number of ether oxygens (including phenoxy) is 1. The molecule has 1 amide bonds. The summed E-state index contributed by atoms with van der Waals surface area (Å²) in [5, 5.41) is 2.68. The fraction of sp³-hybridized carbons (Fsp3) is 0.100. The zero-order valence-electron chi connectivity index (χ0n) is 15.3. The van der Waals surface area contributed by atoms with Gasteiger partial charge >= 0.3 is 0 Å². The van der Waals surface area contributed by atoms with Gasteiger partial charge in [0.15, 0.2) is 0 Å². The van der Waals surface area contributed by atoms with Crippen LogP contribution in [0.4, 0.5) is 11.5 Å². The van der Waals surface area contributed by atoms with Gasteiger partial charge in [0.05, 0.1) is 12.0 Å². The number of benzene rings is 2. The van der Waals surface area contributed by atoms with Crippen LogP contribution in [-0.4, -0.2) is 26.4 Å². The van der Waals surface area contributed by atoms with E-state index in [2.05, 4.69) is 15.0 Å². The monoisotopic (exact) mass is 397 g/mol. The Hall–Kier alpha value is -3.39. The molecule has 144 valence electrons. The van der Waals surface area contributed by atoms with Crippen LogP contribution in [0.15, 0.2) is 71.8 Å². The maximum Gasteiger partial charge on any atom is 0.261 e. The van der Waals surface area contributed by atoms with Crippen LogP contribution in [0.25, 0.3) is 0 Å². The van der Waals surface area contributed by atoms with Crippen molar-refractivity contribution in [3.63, 3.8) is 0 Å².